The Morgan fingerprint density at radius 3 is 2.67 bits per heavy atom. The third-order valence-electron chi connectivity index (χ3n) is 5.89. The number of thiophene rings is 1. The Morgan fingerprint density at radius 1 is 1.28 bits per heavy atom. The fourth-order valence-corrected chi connectivity index (χ4v) is 5.19. The standard InChI is InChI=1S/C17H19ClFN5O.C9H12OS/c1-8(2)24-12-6-9(13-10(18)7-21-16(20)23-13)5-11(19)14(12)22-15(24)17(3,4)25;1-9(2)5-3-8-7(10-9)4-6-11-8/h5-8,25H,1-4H3,(H2,20,21,23);4,6H,3,5H2,1-2H3. The Balaban J connectivity index is 0.000000229. The van der Waals surface area contributed by atoms with Gasteiger partial charge in [-0.3, -0.25) is 0 Å². The van der Waals surface area contributed by atoms with E-state index in [1.165, 1.54) is 23.6 Å². The van der Waals surface area contributed by atoms with Crippen LogP contribution in [0.3, 0.4) is 0 Å². The molecule has 0 aliphatic carbocycles. The Bertz CT molecular complexity index is 1410. The van der Waals surface area contributed by atoms with Gasteiger partial charge in [0.2, 0.25) is 5.95 Å². The van der Waals surface area contributed by atoms with Gasteiger partial charge in [0.05, 0.1) is 22.4 Å². The predicted octanol–water partition coefficient (Wildman–Crippen LogP) is 6.53. The van der Waals surface area contributed by atoms with Gasteiger partial charge in [-0.25, -0.2) is 19.3 Å². The van der Waals surface area contributed by atoms with Gasteiger partial charge in [0.25, 0.3) is 0 Å². The lowest BCUT2D eigenvalue weighted by Gasteiger charge is -2.30. The van der Waals surface area contributed by atoms with Crippen molar-refractivity contribution in [3.8, 4) is 17.0 Å². The lowest BCUT2D eigenvalue weighted by Crippen LogP contribution is -2.31. The summed E-state index contributed by atoms with van der Waals surface area (Å²) in [6.45, 7) is 11.4. The number of aryl methyl sites for hydroxylation is 1. The first kappa shape index (κ1) is 26.3. The molecular formula is C26H31ClFN5O2S. The number of nitrogens with zero attached hydrogens (tertiary/aromatic N) is 4. The molecule has 0 unspecified atom stereocenters. The van der Waals surface area contributed by atoms with Gasteiger partial charge in [0, 0.05) is 16.5 Å². The van der Waals surface area contributed by atoms with Gasteiger partial charge in [-0.2, -0.15) is 0 Å². The Morgan fingerprint density at radius 2 is 2.00 bits per heavy atom. The lowest BCUT2D eigenvalue weighted by molar-refractivity contribution is 0.0641. The van der Waals surface area contributed by atoms with Crippen LogP contribution in [-0.4, -0.2) is 30.2 Å². The Labute approximate surface area is 219 Å². The minimum absolute atomic E-state index is 0.0352. The van der Waals surface area contributed by atoms with E-state index in [0.29, 0.717) is 22.6 Å². The number of nitrogens with two attached hydrogens (primary N) is 1. The summed E-state index contributed by atoms with van der Waals surface area (Å²) in [5.41, 5.74) is 6.01. The molecule has 0 amide bonds. The average Bonchev–Trinajstić information content (AvgIpc) is 3.39. The van der Waals surface area contributed by atoms with E-state index in [-0.39, 0.29) is 28.1 Å². The highest BCUT2D eigenvalue weighted by molar-refractivity contribution is 7.10. The van der Waals surface area contributed by atoms with Crippen LogP contribution in [0.4, 0.5) is 10.3 Å². The van der Waals surface area contributed by atoms with Crippen LogP contribution in [0, 0.1) is 5.82 Å². The van der Waals surface area contributed by atoms with Gasteiger partial charge in [-0.05, 0) is 78.0 Å². The van der Waals surface area contributed by atoms with E-state index in [0.717, 1.165) is 12.2 Å². The molecule has 4 heterocycles. The van der Waals surface area contributed by atoms with E-state index in [9.17, 15) is 9.50 Å². The van der Waals surface area contributed by atoms with Crippen LogP contribution in [-0.2, 0) is 12.0 Å². The van der Waals surface area contributed by atoms with E-state index in [4.69, 9.17) is 22.1 Å². The number of aromatic nitrogens is 4. The number of benzene rings is 1. The van der Waals surface area contributed by atoms with E-state index in [2.05, 4.69) is 40.2 Å². The molecule has 3 N–H and O–H groups in total. The molecule has 5 rings (SSSR count). The van der Waals surface area contributed by atoms with E-state index >= 15 is 0 Å². The zero-order valence-corrected chi connectivity index (χ0v) is 22.8. The van der Waals surface area contributed by atoms with Crippen molar-refractivity contribution in [1.82, 2.24) is 19.5 Å². The van der Waals surface area contributed by atoms with Crippen LogP contribution in [0.2, 0.25) is 5.02 Å². The molecule has 0 atom stereocenters. The largest absolute Gasteiger partial charge is 0.487 e. The summed E-state index contributed by atoms with van der Waals surface area (Å²) in [6.07, 6.45) is 3.70. The molecule has 0 spiro atoms. The number of aliphatic hydroxyl groups is 1. The van der Waals surface area contributed by atoms with E-state index in [1.807, 2.05) is 13.8 Å². The number of fused-ring (bicyclic) bond motifs is 2. The molecule has 36 heavy (non-hydrogen) atoms. The van der Waals surface area contributed by atoms with Crippen LogP contribution in [0.1, 0.15) is 64.7 Å². The highest BCUT2D eigenvalue weighted by Gasteiger charge is 2.28. The predicted molar refractivity (Wildman–Crippen MR) is 143 cm³/mol. The van der Waals surface area contributed by atoms with Gasteiger partial charge in [0.1, 0.15) is 28.3 Å². The summed E-state index contributed by atoms with van der Waals surface area (Å²) in [6, 6.07) is 5.09. The molecule has 1 aliphatic heterocycles. The van der Waals surface area contributed by atoms with Crippen molar-refractivity contribution in [2.24, 2.45) is 0 Å². The van der Waals surface area contributed by atoms with Crippen molar-refractivity contribution in [2.75, 3.05) is 5.73 Å². The van der Waals surface area contributed by atoms with Gasteiger partial charge in [0.15, 0.2) is 5.82 Å². The van der Waals surface area contributed by atoms with E-state index < -0.39 is 11.4 Å². The normalized spacial score (nSPS) is 14.8. The maximum atomic E-state index is 14.7. The molecule has 0 radical (unpaired) electrons. The summed E-state index contributed by atoms with van der Waals surface area (Å²) < 4.78 is 22.3. The zero-order valence-electron chi connectivity index (χ0n) is 21.3. The molecule has 0 bridgehead atoms. The van der Waals surface area contributed by atoms with Crippen LogP contribution >= 0.6 is 22.9 Å². The lowest BCUT2D eigenvalue weighted by atomic mass is 9.99. The summed E-state index contributed by atoms with van der Waals surface area (Å²) >= 11 is 7.95. The van der Waals surface area contributed by atoms with Crippen LogP contribution in [0.15, 0.2) is 29.8 Å². The van der Waals surface area contributed by atoms with Gasteiger partial charge < -0.3 is 20.1 Å². The minimum atomic E-state index is -1.22. The van der Waals surface area contributed by atoms with Gasteiger partial charge in [-0.1, -0.05) is 11.6 Å². The second kappa shape index (κ2) is 9.61. The molecule has 192 valence electrons. The first-order chi connectivity index (χ1) is 16.8. The van der Waals surface area contributed by atoms with Crippen molar-refractivity contribution >= 4 is 39.9 Å². The van der Waals surface area contributed by atoms with Crippen molar-refractivity contribution in [1.29, 1.82) is 0 Å². The number of rotatable bonds is 3. The number of hydrogen-bond acceptors (Lipinski definition) is 7. The smallest absolute Gasteiger partial charge is 0.220 e. The number of imidazole rings is 1. The highest BCUT2D eigenvalue weighted by atomic mass is 35.5. The summed E-state index contributed by atoms with van der Waals surface area (Å²) in [5.74, 6) is 1.02. The summed E-state index contributed by atoms with van der Waals surface area (Å²) in [4.78, 5) is 13.7. The summed E-state index contributed by atoms with van der Waals surface area (Å²) in [5, 5.41) is 12.8. The third-order valence-corrected chi connectivity index (χ3v) is 7.13. The molecule has 10 heteroatoms. The van der Waals surface area contributed by atoms with Gasteiger partial charge in [-0.15, -0.1) is 11.3 Å². The Hall–Kier alpha value is -2.75. The minimum Gasteiger partial charge on any atom is -0.487 e. The third kappa shape index (κ3) is 5.33. The first-order valence-corrected chi connectivity index (χ1v) is 13.0. The number of anilines is 1. The summed E-state index contributed by atoms with van der Waals surface area (Å²) in [7, 11) is 0. The van der Waals surface area contributed by atoms with Crippen molar-refractivity contribution in [2.45, 2.75) is 71.6 Å². The quantitative estimate of drug-likeness (QED) is 0.312. The highest BCUT2D eigenvalue weighted by Crippen LogP contribution is 2.36. The monoisotopic (exact) mass is 531 g/mol. The number of ether oxygens (including phenoxy) is 1. The number of halogens is 2. The Kier molecular flexibility index (Phi) is 7.02. The molecule has 0 saturated carbocycles. The number of hydrogen-bond donors (Lipinski definition) is 2. The zero-order chi connectivity index (χ0) is 26.4. The molecule has 1 aliphatic rings. The molecule has 0 fully saturated rings. The van der Waals surface area contributed by atoms with Crippen molar-refractivity contribution in [3.63, 3.8) is 0 Å². The van der Waals surface area contributed by atoms with Crippen LogP contribution in [0.5, 0.6) is 5.75 Å². The van der Waals surface area contributed by atoms with Crippen LogP contribution in [0.25, 0.3) is 22.3 Å². The van der Waals surface area contributed by atoms with Crippen LogP contribution < -0.4 is 10.5 Å². The average molecular weight is 532 g/mol. The second-order valence-corrected chi connectivity index (χ2v) is 11.7. The fraction of sp³-hybridized carbons (Fsp3) is 0.423. The number of nitrogen functional groups attached to an aromatic ring is 1. The molecule has 1 aromatic carbocycles. The molecule has 4 aromatic rings. The van der Waals surface area contributed by atoms with Gasteiger partial charge >= 0.3 is 0 Å². The maximum absolute atomic E-state index is 14.7. The SMILES string of the molecule is CC(C)n1c(C(C)(C)O)nc2c(F)cc(-c3nc(N)ncc3Cl)cc21.CC1(C)CCc2sccc2O1. The van der Waals surface area contributed by atoms with Crippen molar-refractivity contribution < 1.29 is 14.2 Å². The van der Waals surface area contributed by atoms with E-state index in [1.54, 1.807) is 35.8 Å². The van der Waals surface area contributed by atoms with Crippen molar-refractivity contribution in [3.05, 3.63) is 51.3 Å². The second-order valence-electron chi connectivity index (χ2n) is 10.3. The topological polar surface area (TPSA) is 99.1 Å². The first-order valence-electron chi connectivity index (χ1n) is 11.7. The molecule has 7 nitrogen and oxygen atoms in total. The molecule has 0 saturated heterocycles. The molecule has 3 aromatic heterocycles. The maximum Gasteiger partial charge on any atom is 0.220 e. The molecular weight excluding hydrogens is 501 g/mol. The fourth-order valence-electron chi connectivity index (χ4n) is 4.19.